The number of hydrogen-bond acceptors (Lipinski definition) is 5. The number of hydrogen-bond donors (Lipinski definition) is 1. The second kappa shape index (κ2) is 7.81. The molecule has 0 amide bonds. The van der Waals surface area contributed by atoms with E-state index in [9.17, 15) is 17.6 Å². The Balaban J connectivity index is 0.00000272. The molecule has 0 atom stereocenters. The molecular weight excluding hydrogens is 651 g/mol. The molecule has 4 heterocycles. The first-order valence-electron chi connectivity index (χ1n) is 8.91. The van der Waals surface area contributed by atoms with Crippen LogP contribution in [0.2, 0.25) is 0 Å². The van der Waals surface area contributed by atoms with Crippen molar-refractivity contribution < 1.29 is 22.3 Å². The van der Waals surface area contributed by atoms with E-state index in [-0.39, 0.29) is 34.1 Å². The Kier molecular flexibility index (Phi) is 5.37. The Bertz CT molecular complexity index is 1240. The van der Waals surface area contributed by atoms with Gasteiger partial charge in [0, 0.05) is 11.8 Å². The van der Waals surface area contributed by atoms with Crippen LogP contribution in [0, 0.1) is 17.6 Å². The number of nitrogens with zero attached hydrogens (tertiary/aromatic N) is 5. The van der Waals surface area contributed by atoms with E-state index in [1.807, 2.05) is 13.8 Å². The van der Waals surface area contributed by atoms with Crippen molar-refractivity contribution in [3.05, 3.63) is 47.9 Å². The first-order chi connectivity index (χ1) is 14.3. The van der Waals surface area contributed by atoms with Crippen LogP contribution in [0.5, 0.6) is 5.88 Å². The molecule has 4 aromatic rings. The molecule has 0 saturated heterocycles. The number of fused-ring (bicyclic) bond motifs is 2. The number of rotatable bonds is 6. The maximum atomic E-state index is 14.9. The minimum Gasteiger partial charge on any atom is -0.479 e. The van der Waals surface area contributed by atoms with Gasteiger partial charge in [0.25, 0.3) is 6.43 Å². The zero-order chi connectivity index (χ0) is 21.6. The molecule has 0 saturated carbocycles. The summed E-state index contributed by atoms with van der Waals surface area (Å²) in [6, 6.07) is 1.02. The van der Waals surface area contributed by atoms with Crippen molar-refractivity contribution in [2.45, 2.75) is 20.3 Å². The van der Waals surface area contributed by atoms with Gasteiger partial charge in [0.15, 0.2) is 17.3 Å². The summed E-state index contributed by atoms with van der Waals surface area (Å²) >= 11 is 0. The van der Waals surface area contributed by atoms with Gasteiger partial charge in [0.2, 0.25) is 11.8 Å². The van der Waals surface area contributed by atoms with E-state index in [2.05, 4.69) is 20.4 Å². The molecule has 4 rings (SSSR count). The molecule has 1 N–H and O–H groups in total. The van der Waals surface area contributed by atoms with Crippen LogP contribution in [-0.4, -0.2) is 37.6 Å². The first-order valence-corrected chi connectivity index (χ1v) is 8.91. The molecule has 0 aliphatic rings. The molecule has 0 fully saturated rings. The van der Waals surface area contributed by atoms with Crippen molar-refractivity contribution in [1.29, 1.82) is 0 Å². The molecule has 0 radical (unpaired) electrons. The molecule has 0 spiro atoms. The van der Waals surface area contributed by atoms with E-state index < -0.39 is 23.8 Å². The Hall–Kier alpha value is -4.37. The fraction of sp³-hybridized carbons (Fsp3) is 0.263. The summed E-state index contributed by atoms with van der Waals surface area (Å²) in [5.74, 6) is -0.282. The van der Waals surface area contributed by atoms with Crippen LogP contribution in [0.4, 0.5) is 23.5 Å². The van der Waals surface area contributed by atoms with Gasteiger partial charge in [-0.1, -0.05) is 0 Å². The molecule has 31 heavy (non-hydrogen) atoms. The minimum absolute atomic E-state index is 0. The second-order valence-electron chi connectivity index (χ2n) is 6.90. The topological polar surface area (TPSA) is 68.8 Å². The van der Waals surface area contributed by atoms with Gasteiger partial charge in [0.1, 0.15) is 11.2 Å². The first kappa shape index (κ1) is 21.3. The summed E-state index contributed by atoms with van der Waals surface area (Å²) in [5, 5.41) is 7.20. The van der Waals surface area contributed by atoms with E-state index in [0.29, 0.717) is 6.54 Å². The minimum atomic E-state index is -2.88. The summed E-state index contributed by atoms with van der Waals surface area (Å²) < 4.78 is 63.4. The third-order valence-electron chi connectivity index (χ3n) is 4.45. The Morgan fingerprint density at radius 1 is 1.19 bits per heavy atom. The summed E-state index contributed by atoms with van der Waals surface area (Å²) in [5.41, 5.74) is -0.712. The van der Waals surface area contributed by atoms with Crippen LogP contribution >= 0.6 is 0 Å². The van der Waals surface area contributed by atoms with Gasteiger partial charge in [0.05, 0.1) is 25.1 Å². The maximum Gasteiger partial charge on any atom is 0.280 e. The van der Waals surface area contributed by atoms with Crippen molar-refractivity contribution in [3.63, 3.8) is 0 Å². The number of alkyl halides is 2. The van der Waals surface area contributed by atoms with Crippen LogP contribution in [0.1, 0.15) is 26.0 Å². The van der Waals surface area contributed by atoms with E-state index in [0.717, 1.165) is 28.8 Å². The zero-order valence-corrected chi connectivity index (χ0v) is 19.5. The monoisotopic (exact) mass is 664 g/mol. The smallest absolute Gasteiger partial charge is 0.280 e. The SMILES string of the molecule is COc1nc(NC[C-](C)C)nn2cc(F)c(-c3cc(F)c4ncc(C(F)F)n4c3)c12.[Cm]. The van der Waals surface area contributed by atoms with E-state index in [1.54, 1.807) is 0 Å². The Morgan fingerprint density at radius 2 is 1.94 bits per heavy atom. The number of pyridine rings is 1. The molecule has 0 aromatic carbocycles. The maximum absolute atomic E-state index is 14.9. The van der Waals surface area contributed by atoms with Crippen LogP contribution in [-0.2, 0) is 0 Å². The number of ether oxygens (including phenoxy) is 1. The van der Waals surface area contributed by atoms with E-state index in [1.165, 1.54) is 17.8 Å². The molecule has 0 unspecified atom stereocenters. The van der Waals surface area contributed by atoms with Crippen molar-refractivity contribution in [2.24, 2.45) is 0 Å². The zero-order valence-electron chi connectivity index (χ0n) is 16.6. The van der Waals surface area contributed by atoms with Gasteiger partial charge >= 0.3 is 0 Å². The number of aromatic nitrogens is 5. The van der Waals surface area contributed by atoms with Crippen molar-refractivity contribution in [3.8, 4) is 17.0 Å². The van der Waals surface area contributed by atoms with Crippen LogP contribution in [0.25, 0.3) is 22.3 Å². The molecule has 12 heteroatoms. The average molecular weight is 668 g/mol. The van der Waals surface area contributed by atoms with Crippen molar-refractivity contribution in [1.82, 2.24) is 24.0 Å². The molecular formula is C19H17CmF4N6O-. The average Bonchev–Trinajstić information content (AvgIpc) is 3.26. The molecule has 7 nitrogen and oxygen atoms in total. The predicted molar refractivity (Wildman–Crippen MR) is 102 cm³/mol. The van der Waals surface area contributed by atoms with E-state index in [4.69, 9.17) is 4.74 Å². The quantitative estimate of drug-likeness (QED) is 0.246. The van der Waals surface area contributed by atoms with Crippen molar-refractivity contribution in [2.75, 3.05) is 19.0 Å². The molecule has 166 valence electrons. The van der Waals surface area contributed by atoms with E-state index >= 15 is 0 Å². The summed E-state index contributed by atoms with van der Waals surface area (Å²) in [4.78, 5) is 7.91. The Morgan fingerprint density at radius 3 is 2.58 bits per heavy atom. The van der Waals surface area contributed by atoms with Gasteiger partial charge < -0.3 is 16.0 Å². The summed E-state index contributed by atoms with van der Waals surface area (Å²) in [6.07, 6.45) is 0.296. The third-order valence-corrected chi connectivity index (χ3v) is 4.45. The van der Waals surface area contributed by atoms with Crippen LogP contribution < -0.4 is 10.1 Å². The molecule has 4 aromatic heterocycles. The number of anilines is 1. The summed E-state index contributed by atoms with van der Waals surface area (Å²) in [7, 11) is 1.35. The molecule has 0 bridgehead atoms. The Labute approximate surface area is 168 Å². The second-order valence-corrected chi connectivity index (χ2v) is 6.90. The normalized spacial score (nSPS) is 11.5. The number of halogens is 4. The number of methoxy groups -OCH3 is 1. The van der Waals surface area contributed by atoms with Crippen molar-refractivity contribution >= 4 is 17.1 Å². The van der Waals surface area contributed by atoms with Crippen LogP contribution in [0.3, 0.4) is 0 Å². The van der Waals surface area contributed by atoms with Gasteiger partial charge in [-0.15, -0.1) is 11.6 Å². The third kappa shape index (κ3) is 3.53. The predicted octanol–water partition coefficient (Wildman–Crippen LogP) is 4.29. The molecule has 0 aliphatic carbocycles. The standard InChI is InChI=1S/C19H17F4N6O.Cm/c1-9(2)5-25-19-26-18(30-3)15-14(12(21)8-29(15)27-19)10-4-11(20)17-24-6-13(16(22)23)28(17)7-10;/h4,6-8,16H,5H2,1-3H3,(H,25,27);/q-1;. The van der Waals surface area contributed by atoms with Gasteiger partial charge in [-0.25, -0.2) is 27.1 Å². The fourth-order valence-corrected chi connectivity index (χ4v) is 3.13. The van der Waals surface area contributed by atoms with Crippen LogP contribution in [0.15, 0.2) is 24.7 Å². The van der Waals surface area contributed by atoms with Gasteiger partial charge in [-0.05, 0) is 6.07 Å². The summed E-state index contributed by atoms with van der Waals surface area (Å²) in [6.45, 7) is 4.35. The van der Waals surface area contributed by atoms with Gasteiger partial charge in [-0.2, -0.15) is 18.8 Å². The largest absolute Gasteiger partial charge is 0.479 e. The number of imidazole rings is 1. The van der Waals surface area contributed by atoms with Gasteiger partial charge in [-0.3, -0.25) is 4.40 Å². The number of nitrogens with one attached hydrogen (secondary N) is 1. The molecule has 0 aliphatic heterocycles. The fourth-order valence-electron chi connectivity index (χ4n) is 3.13.